The van der Waals surface area contributed by atoms with E-state index < -0.39 is 84.7 Å². The fraction of sp³-hybridized carbons (Fsp3) is 0.220. The molecule has 0 spiro atoms. The third-order valence-corrected chi connectivity index (χ3v) is 19.4. The number of rotatable bonds is 44. The number of hydrogen-bond donors (Lipinski definition) is 11. The molecule has 144 heavy (non-hydrogen) atoms. The molecule has 0 saturated carbocycles. The van der Waals surface area contributed by atoms with Crippen LogP contribution in [0, 0.1) is 20.8 Å². The first-order valence-corrected chi connectivity index (χ1v) is 46.8. The largest absolute Gasteiger partial charge is 0.506 e. The second kappa shape index (κ2) is 58.8. The Hall–Kier alpha value is -17.8. The van der Waals surface area contributed by atoms with Crippen LogP contribution in [0.25, 0.3) is 0 Å². The molecule has 0 unspecified atom stereocenters. The van der Waals surface area contributed by atoms with Gasteiger partial charge in [-0.1, -0.05) is 152 Å². The van der Waals surface area contributed by atoms with Gasteiger partial charge in [-0.25, -0.2) is 39.7 Å². The maximum absolute atomic E-state index is 12.1. The van der Waals surface area contributed by atoms with E-state index in [1.54, 1.807) is 30.6 Å². The van der Waals surface area contributed by atoms with Crippen molar-refractivity contribution in [3.8, 4) is 63.2 Å². The zero-order chi connectivity index (χ0) is 106. The Morgan fingerprint density at radius 3 is 0.667 bits per heavy atom. The molecule has 17 N–H and O–H groups in total. The number of primary amides is 6. The maximum atomic E-state index is 12.1. The number of aromatic nitrogens is 7. The minimum absolute atomic E-state index is 0.00646. The number of aromatic carboxylic acids is 1. The summed E-state index contributed by atoms with van der Waals surface area (Å²) in [4.78, 5) is 174. The number of benzene rings is 5. The average Bonchev–Trinajstić information content (AvgIpc) is 0.854. The van der Waals surface area contributed by atoms with Crippen LogP contribution in [0.4, 0.5) is 0 Å². The van der Waals surface area contributed by atoms with Crippen LogP contribution in [0.2, 0.25) is 0 Å². The SMILES string of the molecule is CS(=O)(=O)Oc1cnc(C(=O)CCC(N)=O)c(O)c1.CS(=O)(=O)Oc1cnc(C(=O)CCC(N)=O)c(O)c1.Cc1cnc(C(=O)CCC(N)=O)c(OCc2ccccc2)c1.Cc1cnc(C(=O)CCC(N)=O)c(OCc2ccccc2)c1.Cc1cnc(C(=O)O)c(OCc2ccccc2)c1.NC(=O)CCC(=O)c1ncc(O)cc1OCc1ccccc1.NC(=O)CCC(=O)c1ncc(O)cc1OCc1ccccc1. The van der Waals surface area contributed by atoms with Crippen molar-refractivity contribution in [3.05, 3.63) is 322 Å². The predicted molar refractivity (Wildman–Crippen MR) is 519 cm³/mol. The van der Waals surface area contributed by atoms with E-state index in [0.29, 0.717) is 37.1 Å². The molecule has 12 rings (SSSR count). The molecule has 0 atom stereocenters. The standard InChI is InChI=1S/2C17H18N2O3.2C16H16N2O4.C14H13NO3.2C10H12N2O6S/c2*1-12-9-15(22-11-13-5-3-2-4-6-13)17(19-10-12)14(20)7-8-16(18)21;2*17-15(21)7-6-13(20)16-14(8-12(19)9-18-16)22-10-11-4-2-1-3-5-11;1-10-7-12(13(14(16)17)15-8-10)18-9-11-5-3-2-4-6-11;2*1-19(16,17)18-6-4-8(14)10(12-5-6)7(13)2-3-9(11)15/h2*2-6,9-10H,7-8,11H2,1H3,(H2,18,21);2*1-5,8-9,19H,6-7,10H2,(H2,17,21);2-8H,9H2,1H3,(H,16,17);2*4-5,14H,2-3H2,1H3,(H2,11,15). The van der Waals surface area contributed by atoms with Gasteiger partial charge in [-0.05, 0) is 83.5 Å². The Bertz CT molecular complexity index is 6110. The number of hydrogen-bond acceptors (Lipinski definition) is 35. The number of nitrogens with zero attached hydrogens (tertiary/aromatic N) is 7. The maximum Gasteiger partial charge on any atom is 0.358 e. The summed E-state index contributed by atoms with van der Waals surface area (Å²) in [5.41, 5.74) is 37.5. The van der Waals surface area contributed by atoms with Gasteiger partial charge in [0.05, 0.1) is 37.3 Å². The Kier molecular flexibility index (Phi) is 46.9. The van der Waals surface area contributed by atoms with Crippen LogP contribution in [0.5, 0.6) is 63.2 Å². The van der Waals surface area contributed by atoms with E-state index in [4.69, 9.17) is 63.2 Å². The molecule has 0 aliphatic heterocycles. The Morgan fingerprint density at radius 1 is 0.264 bits per heavy atom. The summed E-state index contributed by atoms with van der Waals surface area (Å²) in [6, 6.07) is 57.5. The van der Waals surface area contributed by atoms with Gasteiger partial charge >= 0.3 is 26.2 Å². The molecule has 44 heteroatoms. The van der Waals surface area contributed by atoms with Gasteiger partial charge in [0.1, 0.15) is 102 Å². The molecule has 12 aromatic rings. The van der Waals surface area contributed by atoms with Crippen molar-refractivity contribution in [2.24, 2.45) is 34.4 Å². The van der Waals surface area contributed by atoms with Gasteiger partial charge in [0.15, 0.2) is 69.1 Å². The highest BCUT2D eigenvalue weighted by molar-refractivity contribution is 7.86. The molecule has 0 fully saturated rings. The fourth-order valence-corrected chi connectivity index (χ4v) is 12.5. The second-order valence-corrected chi connectivity index (χ2v) is 34.0. The smallest absolute Gasteiger partial charge is 0.358 e. The normalized spacial score (nSPS) is 10.4. The zero-order valence-corrected chi connectivity index (χ0v) is 80.1. The number of carbonyl (C=O) groups is 13. The van der Waals surface area contributed by atoms with Crippen LogP contribution in [0.1, 0.15) is 195 Å². The van der Waals surface area contributed by atoms with E-state index in [0.717, 1.165) is 93.9 Å². The van der Waals surface area contributed by atoms with Crippen molar-refractivity contribution in [2.45, 2.75) is 131 Å². The molecule has 756 valence electrons. The van der Waals surface area contributed by atoms with Gasteiger partial charge in [0.25, 0.3) is 0 Å². The van der Waals surface area contributed by atoms with Crippen LogP contribution in [-0.4, -0.2) is 166 Å². The number of aryl methyl sites for hydroxylation is 3. The molecule has 6 amide bonds. The predicted octanol–water partition coefficient (Wildman–Crippen LogP) is 10.3. The number of nitrogens with two attached hydrogens (primary N) is 6. The number of ketones is 6. The second-order valence-electron chi connectivity index (χ2n) is 30.8. The quantitative estimate of drug-likeness (QED) is 0.0125. The number of carboxylic acid groups (broad SMARTS) is 1. The lowest BCUT2D eigenvalue weighted by molar-refractivity contribution is -0.118. The monoisotopic (exact) mass is 2020 g/mol. The summed E-state index contributed by atoms with van der Waals surface area (Å²) >= 11 is 0. The van der Waals surface area contributed by atoms with Crippen LogP contribution in [0.15, 0.2) is 238 Å². The molecule has 0 saturated heterocycles. The molecule has 0 aliphatic carbocycles. The molecular formula is C100H105N13O29S2. The number of carbonyl (C=O) groups excluding carboxylic acids is 12. The third kappa shape index (κ3) is 44.3. The number of amides is 6. The highest BCUT2D eigenvalue weighted by Crippen LogP contribution is 2.31. The number of Topliss-reactive ketones (excluding diaryl/α,β-unsaturated/α-hetero) is 6. The van der Waals surface area contributed by atoms with Crippen LogP contribution in [-0.2, 0) is 82.0 Å². The lowest BCUT2D eigenvalue weighted by Gasteiger charge is -2.11. The number of carboxylic acids is 1. The van der Waals surface area contributed by atoms with E-state index >= 15 is 0 Å². The summed E-state index contributed by atoms with van der Waals surface area (Å²) in [6.07, 6.45) is 9.83. The minimum Gasteiger partial charge on any atom is -0.506 e. The van der Waals surface area contributed by atoms with E-state index in [-0.39, 0.29) is 188 Å². The van der Waals surface area contributed by atoms with Gasteiger partial charge in [-0.3, -0.25) is 57.5 Å². The summed E-state index contributed by atoms with van der Waals surface area (Å²) < 4.78 is 80.5. The van der Waals surface area contributed by atoms with Crippen molar-refractivity contribution in [1.29, 1.82) is 0 Å². The molecular weight excluding hydrogens is 1910 g/mol. The number of aromatic hydroxyl groups is 4. The van der Waals surface area contributed by atoms with Crippen molar-refractivity contribution in [3.63, 3.8) is 0 Å². The molecule has 7 heterocycles. The van der Waals surface area contributed by atoms with Gasteiger partial charge in [0, 0.05) is 120 Å². The van der Waals surface area contributed by atoms with Gasteiger partial charge in [-0.15, -0.1) is 0 Å². The first kappa shape index (κ1) is 115. The van der Waals surface area contributed by atoms with Gasteiger partial charge in [0.2, 0.25) is 35.4 Å². The summed E-state index contributed by atoms with van der Waals surface area (Å²) in [5.74, 6) is -7.07. The van der Waals surface area contributed by atoms with Crippen LogP contribution in [0.3, 0.4) is 0 Å². The summed E-state index contributed by atoms with van der Waals surface area (Å²) in [6.45, 7) is 7.09. The van der Waals surface area contributed by atoms with Gasteiger partial charge < -0.3 is 92.0 Å². The minimum atomic E-state index is -3.75. The highest BCUT2D eigenvalue weighted by atomic mass is 32.2. The Labute approximate surface area is 826 Å². The number of ether oxygens (including phenoxy) is 5. The van der Waals surface area contributed by atoms with Crippen molar-refractivity contribution in [1.82, 2.24) is 34.9 Å². The molecule has 0 radical (unpaired) electrons. The van der Waals surface area contributed by atoms with E-state index in [9.17, 15) is 99.6 Å². The zero-order valence-electron chi connectivity index (χ0n) is 78.5. The van der Waals surface area contributed by atoms with Crippen LogP contribution >= 0.6 is 0 Å². The van der Waals surface area contributed by atoms with Crippen molar-refractivity contribution in [2.75, 3.05) is 12.5 Å². The van der Waals surface area contributed by atoms with Crippen molar-refractivity contribution >= 4 is 96.3 Å². The molecule has 5 aromatic carbocycles. The van der Waals surface area contributed by atoms with Crippen LogP contribution < -0.4 is 66.5 Å². The third-order valence-electron chi connectivity index (χ3n) is 18.4. The summed E-state index contributed by atoms with van der Waals surface area (Å²) in [7, 11) is -7.49. The van der Waals surface area contributed by atoms with Crippen molar-refractivity contribution < 1.29 is 137 Å². The van der Waals surface area contributed by atoms with E-state index in [2.05, 4.69) is 43.3 Å². The Balaban J connectivity index is 0.000000257. The Morgan fingerprint density at radius 2 is 0.458 bits per heavy atom. The topological polar surface area (TPSA) is 702 Å². The molecule has 42 nitrogen and oxygen atoms in total. The first-order chi connectivity index (χ1) is 68.3. The average molecular weight is 2020 g/mol. The molecule has 0 bridgehead atoms. The number of pyridine rings is 7. The van der Waals surface area contributed by atoms with E-state index in [1.807, 2.05) is 172 Å². The molecule has 0 aliphatic rings. The highest BCUT2D eigenvalue weighted by Gasteiger charge is 2.24. The fourth-order valence-electron chi connectivity index (χ4n) is 11.6. The van der Waals surface area contributed by atoms with Gasteiger partial charge in [-0.2, -0.15) is 16.8 Å². The lowest BCUT2D eigenvalue weighted by atomic mass is 10.1. The molecule has 7 aromatic heterocycles. The summed E-state index contributed by atoms with van der Waals surface area (Å²) in [5, 5.41) is 47.1. The first-order valence-electron chi connectivity index (χ1n) is 43.2. The lowest BCUT2D eigenvalue weighted by Crippen LogP contribution is -2.14. The van der Waals surface area contributed by atoms with E-state index in [1.165, 1.54) is 18.3 Å².